The van der Waals surface area contributed by atoms with E-state index in [1.165, 1.54) is 0 Å². The zero-order valence-electron chi connectivity index (χ0n) is 16.9. The number of aromatic nitrogens is 1. The standard InChI is InChI=1S/C20H30N4O4S/c1-28-20(15-6-7-22-18(12-15)19(21)25)16-4-2-5-17(20)14-23(13-16)9-10-24-8-3-11-29(24,26)27/h6-7,12,16-17H,2-5,8-11,13-14H2,1H3,(H2,21,25). The van der Waals surface area contributed by atoms with Crippen LogP contribution in [0.3, 0.4) is 0 Å². The number of nitrogens with two attached hydrogens (primary N) is 1. The summed E-state index contributed by atoms with van der Waals surface area (Å²) in [5.41, 5.74) is 6.23. The first-order valence-electron chi connectivity index (χ1n) is 10.4. The summed E-state index contributed by atoms with van der Waals surface area (Å²) in [6, 6.07) is 3.72. The van der Waals surface area contributed by atoms with Gasteiger partial charge in [-0.1, -0.05) is 6.42 Å². The van der Waals surface area contributed by atoms with Crippen LogP contribution in [0, 0.1) is 11.8 Å². The van der Waals surface area contributed by atoms with Gasteiger partial charge in [0.15, 0.2) is 0 Å². The number of piperidine rings is 1. The maximum atomic E-state index is 12.1. The molecule has 9 heteroatoms. The van der Waals surface area contributed by atoms with Crippen molar-refractivity contribution in [2.75, 3.05) is 45.6 Å². The maximum Gasteiger partial charge on any atom is 0.267 e. The minimum absolute atomic E-state index is 0.263. The Bertz CT molecular complexity index is 861. The van der Waals surface area contributed by atoms with Gasteiger partial charge in [-0.25, -0.2) is 12.7 Å². The number of primary amides is 1. The summed E-state index contributed by atoms with van der Waals surface area (Å²) >= 11 is 0. The molecule has 1 aromatic heterocycles. The minimum atomic E-state index is -3.06. The van der Waals surface area contributed by atoms with Crippen molar-refractivity contribution in [3.63, 3.8) is 0 Å². The third-order valence-electron chi connectivity index (χ3n) is 6.95. The first-order chi connectivity index (χ1) is 13.9. The summed E-state index contributed by atoms with van der Waals surface area (Å²) in [4.78, 5) is 18.1. The first kappa shape index (κ1) is 20.7. The highest BCUT2D eigenvalue weighted by Gasteiger charge is 2.53. The Hall–Kier alpha value is -1.55. The number of pyridine rings is 1. The van der Waals surface area contributed by atoms with Gasteiger partial charge in [0.2, 0.25) is 10.0 Å². The zero-order chi connectivity index (χ0) is 20.6. The van der Waals surface area contributed by atoms with Crippen molar-refractivity contribution in [3.05, 3.63) is 29.6 Å². The topological polar surface area (TPSA) is 106 Å². The molecule has 1 saturated carbocycles. The molecule has 2 unspecified atom stereocenters. The lowest BCUT2D eigenvalue weighted by Gasteiger charge is -2.55. The smallest absolute Gasteiger partial charge is 0.267 e. The molecule has 8 nitrogen and oxygen atoms in total. The lowest BCUT2D eigenvalue weighted by atomic mass is 9.62. The summed E-state index contributed by atoms with van der Waals surface area (Å²) in [5, 5.41) is 0. The second-order valence-electron chi connectivity index (χ2n) is 8.44. The van der Waals surface area contributed by atoms with Gasteiger partial charge >= 0.3 is 0 Å². The fourth-order valence-corrected chi connectivity index (χ4v) is 7.15. The van der Waals surface area contributed by atoms with E-state index in [9.17, 15) is 13.2 Å². The summed E-state index contributed by atoms with van der Waals surface area (Å²) < 4.78 is 32.0. The second kappa shape index (κ2) is 7.94. The molecule has 2 bridgehead atoms. The van der Waals surface area contributed by atoms with Crippen LogP contribution in [0.15, 0.2) is 18.3 Å². The van der Waals surface area contributed by atoms with E-state index in [2.05, 4.69) is 9.88 Å². The molecule has 160 valence electrons. The van der Waals surface area contributed by atoms with Crippen LogP contribution < -0.4 is 5.73 Å². The largest absolute Gasteiger partial charge is 0.373 e. The van der Waals surface area contributed by atoms with Crippen LogP contribution in [0.25, 0.3) is 0 Å². The quantitative estimate of drug-likeness (QED) is 0.727. The Balaban J connectivity index is 1.54. The molecule has 2 atom stereocenters. The lowest BCUT2D eigenvalue weighted by molar-refractivity contribution is -0.169. The summed E-state index contributed by atoms with van der Waals surface area (Å²) in [7, 11) is -1.31. The molecule has 2 aliphatic heterocycles. The summed E-state index contributed by atoms with van der Waals surface area (Å²) in [5.74, 6) is 0.291. The zero-order valence-corrected chi connectivity index (χ0v) is 17.7. The summed E-state index contributed by atoms with van der Waals surface area (Å²) in [6.45, 7) is 3.65. The van der Waals surface area contributed by atoms with Gasteiger partial charge in [-0.2, -0.15) is 0 Å². The fourth-order valence-electron chi connectivity index (χ4n) is 5.63. The van der Waals surface area contributed by atoms with Crippen LogP contribution in [-0.2, 0) is 20.4 Å². The van der Waals surface area contributed by atoms with E-state index in [1.807, 2.05) is 6.07 Å². The molecule has 4 rings (SSSR count). The molecule has 1 aliphatic carbocycles. The van der Waals surface area contributed by atoms with Crippen LogP contribution in [0.1, 0.15) is 41.7 Å². The molecule has 2 saturated heterocycles. The third-order valence-corrected chi connectivity index (χ3v) is 8.90. The first-order valence-corrected chi connectivity index (χ1v) is 12.0. The van der Waals surface area contributed by atoms with Crippen LogP contribution in [-0.4, -0.2) is 74.1 Å². The van der Waals surface area contributed by atoms with Gasteiger partial charge in [-0.15, -0.1) is 0 Å². The van der Waals surface area contributed by atoms with Gasteiger partial charge in [0.25, 0.3) is 5.91 Å². The third kappa shape index (κ3) is 3.69. The van der Waals surface area contributed by atoms with Gasteiger partial charge in [0.05, 0.1) is 5.75 Å². The van der Waals surface area contributed by atoms with Crippen molar-refractivity contribution in [2.24, 2.45) is 17.6 Å². The van der Waals surface area contributed by atoms with Gasteiger partial charge < -0.3 is 15.4 Å². The van der Waals surface area contributed by atoms with E-state index < -0.39 is 21.5 Å². The molecule has 0 spiro atoms. The highest BCUT2D eigenvalue weighted by atomic mass is 32.2. The molecule has 3 fully saturated rings. The monoisotopic (exact) mass is 422 g/mol. The Labute approximate surface area is 172 Å². The van der Waals surface area contributed by atoms with Gasteiger partial charge in [0.1, 0.15) is 11.3 Å². The number of ether oxygens (including phenoxy) is 1. The molecule has 0 radical (unpaired) electrons. The molecule has 0 aromatic carbocycles. The maximum absolute atomic E-state index is 12.1. The number of carbonyl (C=O) groups excluding carboxylic acids is 1. The van der Waals surface area contributed by atoms with Crippen molar-refractivity contribution in [3.8, 4) is 0 Å². The van der Waals surface area contributed by atoms with Crippen molar-refractivity contribution >= 4 is 15.9 Å². The Kier molecular flexibility index (Phi) is 5.67. The van der Waals surface area contributed by atoms with Gasteiger partial charge in [0, 0.05) is 57.9 Å². The number of hydrogen-bond donors (Lipinski definition) is 1. The summed E-state index contributed by atoms with van der Waals surface area (Å²) in [6.07, 6.45) is 5.60. The molecule has 3 aliphatic rings. The number of likely N-dealkylation sites (tertiary alicyclic amines) is 1. The molecule has 29 heavy (non-hydrogen) atoms. The Morgan fingerprint density at radius 3 is 2.59 bits per heavy atom. The normalized spacial score (nSPS) is 32.3. The van der Waals surface area contributed by atoms with Crippen LogP contribution in [0.5, 0.6) is 0 Å². The van der Waals surface area contributed by atoms with Gasteiger partial charge in [-0.05, 0) is 37.0 Å². The number of carbonyl (C=O) groups is 1. The number of nitrogens with zero attached hydrogens (tertiary/aromatic N) is 3. The Morgan fingerprint density at radius 1 is 1.28 bits per heavy atom. The fraction of sp³-hybridized carbons (Fsp3) is 0.700. The minimum Gasteiger partial charge on any atom is -0.373 e. The second-order valence-corrected chi connectivity index (χ2v) is 10.5. The van der Waals surface area contributed by atoms with Crippen molar-refractivity contribution < 1.29 is 17.9 Å². The number of rotatable bonds is 6. The van der Waals surface area contributed by atoms with E-state index in [-0.39, 0.29) is 23.3 Å². The van der Waals surface area contributed by atoms with Crippen LogP contribution >= 0.6 is 0 Å². The number of amides is 1. The molecule has 3 heterocycles. The average Bonchev–Trinajstić information content (AvgIpc) is 3.03. The molecular weight excluding hydrogens is 392 g/mol. The highest BCUT2D eigenvalue weighted by Crippen LogP contribution is 2.51. The van der Waals surface area contributed by atoms with Crippen molar-refractivity contribution in [1.29, 1.82) is 0 Å². The molecule has 1 amide bonds. The van der Waals surface area contributed by atoms with Gasteiger partial charge in [-0.3, -0.25) is 9.78 Å². The van der Waals surface area contributed by atoms with E-state index >= 15 is 0 Å². The Morgan fingerprint density at radius 2 is 2.00 bits per heavy atom. The molecular formula is C20H30N4O4S. The number of methoxy groups -OCH3 is 1. The predicted octanol–water partition coefficient (Wildman–Crippen LogP) is 0.790. The highest BCUT2D eigenvalue weighted by molar-refractivity contribution is 7.89. The van der Waals surface area contributed by atoms with Crippen molar-refractivity contribution in [1.82, 2.24) is 14.2 Å². The van der Waals surface area contributed by atoms with E-state index in [0.29, 0.717) is 13.1 Å². The van der Waals surface area contributed by atoms with E-state index in [4.69, 9.17) is 10.5 Å². The average molecular weight is 423 g/mol. The van der Waals surface area contributed by atoms with Crippen molar-refractivity contribution in [2.45, 2.75) is 31.3 Å². The number of hydrogen-bond acceptors (Lipinski definition) is 6. The van der Waals surface area contributed by atoms with E-state index in [1.54, 1.807) is 23.7 Å². The molecule has 1 aromatic rings. The number of fused-ring (bicyclic) bond motifs is 2. The lowest BCUT2D eigenvalue weighted by Crippen LogP contribution is -2.59. The predicted molar refractivity (Wildman–Crippen MR) is 109 cm³/mol. The van der Waals surface area contributed by atoms with Crippen LogP contribution in [0.2, 0.25) is 0 Å². The number of sulfonamides is 1. The molecule has 2 N–H and O–H groups in total. The van der Waals surface area contributed by atoms with E-state index in [0.717, 1.165) is 50.9 Å². The van der Waals surface area contributed by atoms with Crippen LogP contribution in [0.4, 0.5) is 0 Å². The SMILES string of the molecule is COC1(c2ccnc(C(N)=O)c2)C2CCCC1CN(CCN1CCCS1(=O)=O)C2.